The molecule has 0 aromatic heterocycles. The molecule has 2 aliphatic rings. The molecule has 0 unspecified atom stereocenters. The van der Waals surface area contributed by atoms with Gasteiger partial charge < -0.3 is 9.80 Å². The smallest absolute Gasteiger partial charge is 0.237 e. The summed E-state index contributed by atoms with van der Waals surface area (Å²) in [5.74, 6) is 0.912. The van der Waals surface area contributed by atoms with Crippen molar-refractivity contribution in [3.05, 3.63) is 0 Å². The SMILES string of the molecule is CN1CC[C@H](CN(C(=O)CCl)C2CC2)C1. The average Bonchev–Trinajstić information content (AvgIpc) is 2.98. The Kier molecular flexibility index (Phi) is 3.52. The number of hydrogen-bond donors (Lipinski definition) is 0. The molecule has 0 radical (unpaired) electrons. The highest BCUT2D eigenvalue weighted by atomic mass is 35.5. The Morgan fingerprint density at radius 1 is 1.47 bits per heavy atom. The Balaban J connectivity index is 1.86. The zero-order chi connectivity index (χ0) is 10.8. The van der Waals surface area contributed by atoms with Crippen LogP contribution in [-0.2, 0) is 4.79 Å². The van der Waals surface area contributed by atoms with Gasteiger partial charge in [-0.05, 0) is 38.8 Å². The van der Waals surface area contributed by atoms with Gasteiger partial charge in [0.2, 0.25) is 5.91 Å². The normalized spacial score (nSPS) is 26.9. The van der Waals surface area contributed by atoms with Crippen molar-refractivity contribution in [2.24, 2.45) is 5.92 Å². The number of likely N-dealkylation sites (tertiary alicyclic amines) is 1. The van der Waals surface area contributed by atoms with Crippen LogP contribution >= 0.6 is 11.6 Å². The van der Waals surface area contributed by atoms with E-state index in [4.69, 9.17) is 11.6 Å². The van der Waals surface area contributed by atoms with Gasteiger partial charge in [0.15, 0.2) is 0 Å². The molecule has 1 amide bonds. The van der Waals surface area contributed by atoms with Crippen LogP contribution in [-0.4, -0.2) is 54.3 Å². The van der Waals surface area contributed by atoms with Crippen LogP contribution in [0.4, 0.5) is 0 Å². The van der Waals surface area contributed by atoms with Crippen LogP contribution in [0.15, 0.2) is 0 Å². The lowest BCUT2D eigenvalue weighted by Gasteiger charge is -2.24. The standard InChI is InChI=1S/C11H19ClN2O/c1-13-5-4-9(7-13)8-14(10-2-3-10)11(15)6-12/h9-10H,2-8H2,1H3/t9-/m0/s1. The molecule has 0 spiro atoms. The predicted octanol–water partition coefficient (Wildman–Crippen LogP) is 1.17. The van der Waals surface area contributed by atoms with E-state index >= 15 is 0 Å². The molecule has 0 bridgehead atoms. The minimum Gasteiger partial charge on any atom is -0.338 e. The van der Waals surface area contributed by atoms with Gasteiger partial charge in [-0.15, -0.1) is 11.6 Å². The largest absolute Gasteiger partial charge is 0.338 e. The lowest BCUT2D eigenvalue weighted by molar-refractivity contribution is -0.129. The van der Waals surface area contributed by atoms with Gasteiger partial charge in [-0.3, -0.25) is 4.79 Å². The van der Waals surface area contributed by atoms with E-state index < -0.39 is 0 Å². The molecule has 1 saturated heterocycles. The molecule has 0 aromatic carbocycles. The highest BCUT2D eigenvalue weighted by molar-refractivity contribution is 6.27. The second kappa shape index (κ2) is 4.71. The van der Waals surface area contributed by atoms with Crippen molar-refractivity contribution in [2.45, 2.75) is 25.3 Å². The van der Waals surface area contributed by atoms with Crippen molar-refractivity contribution < 1.29 is 4.79 Å². The lowest BCUT2D eigenvalue weighted by Crippen LogP contribution is -2.38. The summed E-state index contributed by atoms with van der Waals surface area (Å²) in [5.41, 5.74) is 0. The van der Waals surface area contributed by atoms with Crippen LogP contribution < -0.4 is 0 Å². The van der Waals surface area contributed by atoms with Crippen LogP contribution in [0, 0.1) is 5.92 Å². The highest BCUT2D eigenvalue weighted by Gasteiger charge is 2.34. The summed E-state index contributed by atoms with van der Waals surface area (Å²) in [6.07, 6.45) is 3.56. The van der Waals surface area contributed by atoms with Crippen molar-refractivity contribution in [1.82, 2.24) is 9.80 Å². The average molecular weight is 231 g/mol. The second-order valence-electron chi connectivity index (χ2n) is 4.83. The number of nitrogens with zero attached hydrogens (tertiary/aromatic N) is 2. The third-order valence-electron chi connectivity index (χ3n) is 3.37. The zero-order valence-corrected chi connectivity index (χ0v) is 10.0. The van der Waals surface area contributed by atoms with Gasteiger partial charge in [0.25, 0.3) is 0 Å². The molecule has 0 N–H and O–H groups in total. The molecule has 2 fully saturated rings. The Hall–Kier alpha value is -0.280. The first kappa shape index (κ1) is 11.2. The van der Waals surface area contributed by atoms with Crippen LogP contribution in [0.5, 0.6) is 0 Å². The first-order valence-electron chi connectivity index (χ1n) is 5.74. The third kappa shape index (κ3) is 2.85. The summed E-state index contributed by atoms with van der Waals surface area (Å²) in [6.45, 7) is 3.21. The predicted molar refractivity (Wildman–Crippen MR) is 61.1 cm³/mol. The van der Waals surface area contributed by atoms with E-state index in [2.05, 4.69) is 11.9 Å². The van der Waals surface area contributed by atoms with Gasteiger partial charge in [0.1, 0.15) is 5.88 Å². The van der Waals surface area contributed by atoms with Crippen molar-refractivity contribution in [2.75, 3.05) is 32.6 Å². The van der Waals surface area contributed by atoms with Crippen molar-refractivity contribution >= 4 is 17.5 Å². The van der Waals surface area contributed by atoms with Gasteiger partial charge in [-0.25, -0.2) is 0 Å². The van der Waals surface area contributed by atoms with E-state index in [1.54, 1.807) is 0 Å². The fourth-order valence-electron chi connectivity index (χ4n) is 2.37. The molecule has 4 heteroatoms. The molecule has 15 heavy (non-hydrogen) atoms. The molecule has 0 aromatic rings. The van der Waals surface area contributed by atoms with Gasteiger partial charge in [-0.1, -0.05) is 0 Å². The molecular weight excluding hydrogens is 212 g/mol. The van der Waals surface area contributed by atoms with E-state index in [-0.39, 0.29) is 11.8 Å². The van der Waals surface area contributed by atoms with E-state index in [0.29, 0.717) is 12.0 Å². The molecule has 2 rings (SSSR count). The second-order valence-corrected chi connectivity index (χ2v) is 5.10. The maximum Gasteiger partial charge on any atom is 0.237 e. The van der Waals surface area contributed by atoms with E-state index in [1.165, 1.54) is 19.3 Å². The van der Waals surface area contributed by atoms with Crippen molar-refractivity contribution in [3.63, 3.8) is 0 Å². The first-order chi connectivity index (χ1) is 7.20. The van der Waals surface area contributed by atoms with Gasteiger partial charge in [-0.2, -0.15) is 0 Å². The van der Waals surface area contributed by atoms with Crippen molar-refractivity contribution in [1.29, 1.82) is 0 Å². The lowest BCUT2D eigenvalue weighted by atomic mass is 10.1. The van der Waals surface area contributed by atoms with E-state index in [0.717, 1.165) is 19.6 Å². The Morgan fingerprint density at radius 3 is 2.67 bits per heavy atom. The summed E-state index contributed by atoms with van der Waals surface area (Å²) in [6, 6.07) is 0.502. The molecule has 1 saturated carbocycles. The Bertz CT molecular complexity index is 243. The summed E-state index contributed by atoms with van der Waals surface area (Å²) in [4.78, 5) is 16.0. The molecule has 86 valence electrons. The quantitative estimate of drug-likeness (QED) is 0.677. The van der Waals surface area contributed by atoms with Crippen molar-refractivity contribution in [3.8, 4) is 0 Å². The number of halogens is 1. The first-order valence-corrected chi connectivity index (χ1v) is 6.28. The Labute approximate surface area is 96.4 Å². The molecule has 1 heterocycles. The maximum absolute atomic E-state index is 11.6. The summed E-state index contributed by atoms with van der Waals surface area (Å²) in [7, 11) is 2.14. The number of carbonyl (C=O) groups excluding carboxylic acids is 1. The summed E-state index contributed by atoms with van der Waals surface area (Å²) >= 11 is 5.63. The third-order valence-corrected chi connectivity index (χ3v) is 3.59. The van der Waals surface area contributed by atoms with Crippen LogP contribution in [0.1, 0.15) is 19.3 Å². The van der Waals surface area contributed by atoms with Gasteiger partial charge in [0, 0.05) is 19.1 Å². The van der Waals surface area contributed by atoms with Crippen LogP contribution in [0.3, 0.4) is 0 Å². The van der Waals surface area contributed by atoms with E-state index in [9.17, 15) is 4.79 Å². The number of carbonyl (C=O) groups is 1. The van der Waals surface area contributed by atoms with Gasteiger partial charge in [0.05, 0.1) is 0 Å². The number of rotatable bonds is 4. The topological polar surface area (TPSA) is 23.6 Å². The minimum absolute atomic E-state index is 0.119. The number of alkyl halides is 1. The molecule has 1 aliphatic heterocycles. The summed E-state index contributed by atoms with van der Waals surface area (Å²) < 4.78 is 0. The monoisotopic (exact) mass is 230 g/mol. The molecular formula is C11H19ClN2O. The molecule has 1 atom stereocenters. The fourth-order valence-corrected chi connectivity index (χ4v) is 2.52. The summed E-state index contributed by atoms with van der Waals surface area (Å²) in [5, 5.41) is 0. The van der Waals surface area contributed by atoms with Crippen LogP contribution in [0.2, 0.25) is 0 Å². The zero-order valence-electron chi connectivity index (χ0n) is 9.29. The number of hydrogen-bond acceptors (Lipinski definition) is 2. The minimum atomic E-state index is 0.119. The van der Waals surface area contributed by atoms with Gasteiger partial charge >= 0.3 is 0 Å². The van der Waals surface area contributed by atoms with Crippen LogP contribution in [0.25, 0.3) is 0 Å². The number of amides is 1. The van der Waals surface area contributed by atoms with E-state index in [1.807, 2.05) is 4.90 Å². The Morgan fingerprint density at radius 2 is 2.20 bits per heavy atom. The molecule has 1 aliphatic carbocycles. The molecule has 3 nitrogen and oxygen atoms in total. The maximum atomic E-state index is 11.6. The fraction of sp³-hybridized carbons (Fsp3) is 0.909. The highest BCUT2D eigenvalue weighted by Crippen LogP contribution is 2.29.